The fourth-order valence-corrected chi connectivity index (χ4v) is 1.52. The van der Waals surface area contributed by atoms with E-state index in [9.17, 15) is 9.59 Å². The van der Waals surface area contributed by atoms with E-state index < -0.39 is 11.9 Å². The number of anilines is 1. The highest BCUT2D eigenvalue weighted by atomic mass is 16.4. The number of carbonyl (C=O) groups is 2. The van der Waals surface area contributed by atoms with Crippen LogP contribution in [0.5, 0.6) is 0 Å². The van der Waals surface area contributed by atoms with Crippen molar-refractivity contribution in [2.45, 2.75) is 25.7 Å². The third-order valence-electron chi connectivity index (χ3n) is 2.44. The molecule has 0 aliphatic heterocycles. The Morgan fingerprint density at radius 1 is 1.06 bits per heavy atom. The first kappa shape index (κ1) is 13.0. The molecule has 0 bridgehead atoms. The van der Waals surface area contributed by atoms with E-state index in [2.05, 4.69) is 0 Å². The van der Waals surface area contributed by atoms with Crippen LogP contribution in [0, 0.1) is 0 Å². The first-order valence-electron chi connectivity index (χ1n) is 5.30. The highest BCUT2D eigenvalue weighted by molar-refractivity contribution is 5.68. The van der Waals surface area contributed by atoms with Gasteiger partial charge in [0.2, 0.25) is 0 Å². The van der Waals surface area contributed by atoms with Gasteiger partial charge in [0, 0.05) is 18.5 Å². The van der Waals surface area contributed by atoms with Crippen LogP contribution in [0.4, 0.5) is 5.69 Å². The summed E-state index contributed by atoms with van der Waals surface area (Å²) in [6.45, 7) is 0. The van der Waals surface area contributed by atoms with Crippen LogP contribution in [0.25, 0.3) is 0 Å². The van der Waals surface area contributed by atoms with Crippen LogP contribution in [-0.4, -0.2) is 22.2 Å². The predicted molar refractivity (Wildman–Crippen MR) is 62.8 cm³/mol. The van der Waals surface area contributed by atoms with Crippen molar-refractivity contribution in [1.29, 1.82) is 0 Å². The fraction of sp³-hybridized carbons (Fsp3) is 0.333. The molecule has 0 saturated carbocycles. The Kier molecular flexibility index (Phi) is 4.51. The smallest absolute Gasteiger partial charge is 0.303 e. The van der Waals surface area contributed by atoms with Crippen molar-refractivity contribution in [3.8, 4) is 0 Å². The second-order valence-corrected chi connectivity index (χ2v) is 3.82. The number of aryl methyl sites for hydroxylation is 2. The van der Waals surface area contributed by atoms with Gasteiger partial charge in [0.15, 0.2) is 0 Å². The van der Waals surface area contributed by atoms with Crippen molar-refractivity contribution in [1.82, 2.24) is 0 Å². The van der Waals surface area contributed by atoms with Crippen LogP contribution in [0.15, 0.2) is 18.2 Å². The number of carboxylic acids is 2. The lowest BCUT2D eigenvalue weighted by Gasteiger charge is -2.07. The van der Waals surface area contributed by atoms with Gasteiger partial charge in [0.1, 0.15) is 0 Å². The van der Waals surface area contributed by atoms with Crippen molar-refractivity contribution in [3.05, 3.63) is 29.3 Å². The van der Waals surface area contributed by atoms with E-state index in [1.807, 2.05) is 0 Å². The SMILES string of the molecule is Nc1ccc(CCC(=O)O)cc1CCC(=O)O. The number of aliphatic carboxylic acids is 2. The molecule has 0 fully saturated rings. The summed E-state index contributed by atoms with van der Waals surface area (Å²) in [5.41, 5.74) is 7.89. The van der Waals surface area contributed by atoms with E-state index in [-0.39, 0.29) is 12.8 Å². The van der Waals surface area contributed by atoms with Gasteiger partial charge < -0.3 is 15.9 Å². The Hall–Kier alpha value is -2.04. The van der Waals surface area contributed by atoms with Crippen LogP contribution >= 0.6 is 0 Å². The third-order valence-corrected chi connectivity index (χ3v) is 2.44. The molecule has 1 aromatic rings. The zero-order valence-electron chi connectivity index (χ0n) is 9.35. The zero-order chi connectivity index (χ0) is 12.8. The zero-order valence-corrected chi connectivity index (χ0v) is 9.35. The Labute approximate surface area is 98.9 Å². The lowest BCUT2D eigenvalue weighted by Crippen LogP contribution is -2.03. The van der Waals surface area contributed by atoms with E-state index >= 15 is 0 Å². The first-order valence-corrected chi connectivity index (χ1v) is 5.30. The van der Waals surface area contributed by atoms with Crippen LogP contribution in [-0.2, 0) is 22.4 Å². The molecule has 5 nitrogen and oxygen atoms in total. The lowest BCUT2D eigenvalue weighted by atomic mass is 10.0. The van der Waals surface area contributed by atoms with Gasteiger partial charge >= 0.3 is 11.9 Å². The van der Waals surface area contributed by atoms with Gasteiger partial charge in [0.05, 0.1) is 0 Å². The van der Waals surface area contributed by atoms with Crippen molar-refractivity contribution >= 4 is 17.6 Å². The maximum Gasteiger partial charge on any atom is 0.303 e. The van der Waals surface area contributed by atoms with E-state index in [4.69, 9.17) is 15.9 Å². The number of hydrogen-bond donors (Lipinski definition) is 3. The summed E-state index contributed by atoms with van der Waals surface area (Å²) in [5, 5.41) is 17.2. The molecular weight excluding hydrogens is 222 g/mol. The summed E-state index contributed by atoms with van der Waals surface area (Å²) in [4.78, 5) is 20.9. The molecule has 0 unspecified atom stereocenters. The van der Waals surface area contributed by atoms with Gasteiger partial charge in [-0.3, -0.25) is 9.59 Å². The minimum absolute atomic E-state index is 0.0204. The summed E-state index contributed by atoms with van der Waals surface area (Å²) < 4.78 is 0. The van der Waals surface area contributed by atoms with Crippen LogP contribution in [0.3, 0.4) is 0 Å². The Bertz CT molecular complexity index is 429. The maximum atomic E-state index is 10.5. The molecule has 0 radical (unpaired) electrons. The normalized spacial score (nSPS) is 10.1. The quantitative estimate of drug-likeness (QED) is 0.647. The van der Waals surface area contributed by atoms with Gasteiger partial charge in [-0.05, 0) is 30.0 Å². The van der Waals surface area contributed by atoms with Crippen LogP contribution in [0.2, 0.25) is 0 Å². The molecule has 92 valence electrons. The molecule has 1 rings (SSSR count). The number of nitrogens with two attached hydrogens (primary N) is 1. The minimum Gasteiger partial charge on any atom is -0.481 e. The molecule has 0 saturated heterocycles. The molecular formula is C12H15NO4. The molecule has 0 aromatic heterocycles. The van der Waals surface area contributed by atoms with Crippen molar-refractivity contribution in [2.75, 3.05) is 5.73 Å². The molecule has 0 spiro atoms. The predicted octanol–water partition coefficient (Wildman–Crippen LogP) is 1.30. The fourth-order valence-electron chi connectivity index (χ4n) is 1.52. The molecule has 0 aliphatic carbocycles. The third kappa shape index (κ3) is 4.55. The van der Waals surface area contributed by atoms with E-state index in [0.717, 1.165) is 11.1 Å². The van der Waals surface area contributed by atoms with E-state index in [1.165, 1.54) is 0 Å². The molecule has 0 atom stereocenters. The Morgan fingerprint density at radius 2 is 1.65 bits per heavy atom. The largest absolute Gasteiger partial charge is 0.481 e. The van der Waals surface area contributed by atoms with Crippen molar-refractivity contribution < 1.29 is 19.8 Å². The summed E-state index contributed by atoms with van der Waals surface area (Å²) in [6.07, 6.45) is 0.868. The van der Waals surface area contributed by atoms with Gasteiger partial charge in [-0.15, -0.1) is 0 Å². The summed E-state index contributed by atoms with van der Waals surface area (Å²) >= 11 is 0. The number of carboxylic acid groups (broad SMARTS) is 2. The minimum atomic E-state index is -0.875. The maximum absolute atomic E-state index is 10.5. The number of nitrogen functional groups attached to an aromatic ring is 1. The number of hydrogen-bond acceptors (Lipinski definition) is 3. The monoisotopic (exact) mass is 237 g/mol. The molecule has 1 aromatic carbocycles. The molecule has 0 aliphatic rings. The number of benzene rings is 1. The van der Waals surface area contributed by atoms with Crippen molar-refractivity contribution in [2.24, 2.45) is 0 Å². The molecule has 4 N–H and O–H groups in total. The van der Waals surface area contributed by atoms with Crippen molar-refractivity contribution in [3.63, 3.8) is 0 Å². The van der Waals surface area contributed by atoms with Crippen LogP contribution < -0.4 is 5.73 Å². The second kappa shape index (κ2) is 5.89. The second-order valence-electron chi connectivity index (χ2n) is 3.82. The highest BCUT2D eigenvalue weighted by Gasteiger charge is 2.05. The topological polar surface area (TPSA) is 101 Å². The molecule has 0 heterocycles. The molecule has 5 heteroatoms. The molecule has 0 amide bonds. The van der Waals surface area contributed by atoms with Gasteiger partial charge in [-0.2, -0.15) is 0 Å². The first-order chi connectivity index (χ1) is 7.99. The summed E-state index contributed by atoms with van der Waals surface area (Å²) in [7, 11) is 0. The summed E-state index contributed by atoms with van der Waals surface area (Å²) in [5.74, 6) is -1.73. The van der Waals surface area contributed by atoms with Crippen LogP contribution in [0.1, 0.15) is 24.0 Å². The average molecular weight is 237 g/mol. The van der Waals surface area contributed by atoms with Gasteiger partial charge in [-0.1, -0.05) is 12.1 Å². The van der Waals surface area contributed by atoms with E-state index in [0.29, 0.717) is 18.5 Å². The van der Waals surface area contributed by atoms with Gasteiger partial charge in [0.25, 0.3) is 0 Å². The Balaban J connectivity index is 2.71. The Morgan fingerprint density at radius 3 is 2.24 bits per heavy atom. The standard InChI is InChI=1S/C12H15NO4/c13-10-4-1-8(2-5-11(14)15)7-9(10)3-6-12(16)17/h1,4,7H,2-3,5-6,13H2,(H,14,15)(H,16,17). The number of rotatable bonds is 6. The molecule has 17 heavy (non-hydrogen) atoms. The lowest BCUT2D eigenvalue weighted by molar-refractivity contribution is -0.137. The average Bonchev–Trinajstić information content (AvgIpc) is 2.26. The van der Waals surface area contributed by atoms with E-state index in [1.54, 1.807) is 18.2 Å². The van der Waals surface area contributed by atoms with Gasteiger partial charge in [-0.25, -0.2) is 0 Å². The highest BCUT2D eigenvalue weighted by Crippen LogP contribution is 2.17. The summed E-state index contributed by atoms with van der Waals surface area (Å²) in [6, 6.07) is 5.23.